The molecule has 0 fully saturated rings. The standard InChI is InChI=1S/C36H20S6/c1-21-3-7-23(8-4-21)11-13-25-17-29-33(37-25)35-31(41-29)19-27(39-35)15-16-28-20-32-36(40-28)34-30(42-32)18-26(38-34)14-12-24-9-5-22(2)6-10-24/h3-10,15-20H,1-2H3/b16-15+. The summed E-state index contributed by atoms with van der Waals surface area (Å²) in [6.07, 6.45) is 4.54. The molecule has 0 N–H and O–H groups in total. The minimum absolute atomic E-state index is 1.06. The first kappa shape index (κ1) is 26.2. The molecule has 0 aliphatic heterocycles. The molecule has 0 nitrogen and oxygen atoms in total. The molecule has 0 atom stereocenters. The van der Waals surface area contributed by atoms with Crippen LogP contribution in [0, 0.1) is 37.5 Å². The van der Waals surface area contributed by atoms with Gasteiger partial charge in [-0.25, -0.2) is 0 Å². The Balaban J connectivity index is 1.03. The maximum atomic E-state index is 3.38. The van der Waals surface area contributed by atoms with E-state index < -0.39 is 0 Å². The van der Waals surface area contributed by atoms with Gasteiger partial charge in [-0.15, -0.1) is 68.0 Å². The molecule has 0 saturated heterocycles. The Morgan fingerprint density at radius 3 is 1.24 bits per heavy atom. The Hall–Kier alpha value is -3.46. The van der Waals surface area contributed by atoms with Crippen LogP contribution in [0.5, 0.6) is 0 Å². The predicted octanol–water partition coefficient (Wildman–Crippen LogP) is 12.3. The Morgan fingerprint density at radius 2 is 0.810 bits per heavy atom. The number of fused-ring (bicyclic) bond motifs is 6. The van der Waals surface area contributed by atoms with E-state index in [1.54, 1.807) is 0 Å². The van der Waals surface area contributed by atoms with E-state index in [4.69, 9.17) is 0 Å². The van der Waals surface area contributed by atoms with Gasteiger partial charge in [0.1, 0.15) is 0 Å². The van der Waals surface area contributed by atoms with E-state index in [1.807, 2.05) is 68.0 Å². The SMILES string of the molecule is Cc1ccc(C#Cc2cc3sc4cc(/C=C/c5cc6sc7cc(C#Cc8ccc(C)cc8)sc7c6s5)sc4c3s2)cc1. The van der Waals surface area contributed by atoms with E-state index >= 15 is 0 Å². The molecule has 8 rings (SSSR count). The van der Waals surface area contributed by atoms with Crippen molar-refractivity contribution in [2.45, 2.75) is 13.8 Å². The van der Waals surface area contributed by atoms with Crippen molar-refractivity contribution >= 4 is 118 Å². The van der Waals surface area contributed by atoms with Crippen LogP contribution in [0.3, 0.4) is 0 Å². The molecule has 0 amide bonds. The summed E-state index contributed by atoms with van der Waals surface area (Å²) in [7, 11) is 0. The van der Waals surface area contributed by atoms with E-state index in [-0.39, 0.29) is 0 Å². The molecule has 8 aromatic rings. The van der Waals surface area contributed by atoms with Crippen molar-refractivity contribution in [1.29, 1.82) is 0 Å². The zero-order valence-electron chi connectivity index (χ0n) is 22.5. The van der Waals surface area contributed by atoms with Crippen LogP contribution < -0.4 is 0 Å². The zero-order chi connectivity index (χ0) is 28.2. The molecule has 0 saturated carbocycles. The van der Waals surface area contributed by atoms with Crippen LogP contribution in [-0.2, 0) is 0 Å². The third kappa shape index (κ3) is 5.06. The minimum atomic E-state index is 1.06. The molecule has 0 aliphatic rings. The molecule has 42 heavy (non-hydrogen) atoms. The van der Waals surface area contributed by atoms with Gasteiger partial charge in [0.15, 0.2) is 0 Å². The van der Waals surface area contributed by atoms with Gasteiger partial charge in [-0.05, 0) is 74.5 Å². The fourth-order valence-electron chi connectivity index (χ4n) is 4.70. The zero-order valence-corrected chi connectivity index (χ0v) is 27.4. The molecular formula is C36H20S6. The lowest BCUT2D eigenvalue weighted by Gasteiger charge is -1.90. The van der Waals surface area contributed by atoms with Crippen LogP contribution in [0.2, 0.25) is 0 Å². The molecular weight excluding hydrogens is 625 g/mol. The number of hydrogen-bond donors (Lipinski definition) is 0. The van der Waals surface area contributed by atoms with Crippen molar-refractivity contribution in [3.8, 4) is 23.7 Å². The summed E-state index contributed by atoms with van der Waals surface area (Å²) in [6, 6.07) is 26.0. The lowest BCUT2D eigenvalue weighted by atomic mass is 10.1. The summed E-state index contributed by atoms with van der Waals surface area (Å²) >= 11 is 11.1. The van der Waals surface area contributed by atoms with Crippen LogP contribution in [-0.4, -0.2) is 0 Å². The lowest BCUT2D eigenvalue weighted by Crippen LogP contribution is -1.74. The van der Waals surface area contributed by atoms with Crippen LogP contribution in [0.25, 0.3) is 49.8 Å². The minimum Gasteiger partial charge on any atom is -0.133 e. The van der Waals surface area contributed by atoms with Crippen LogP contribution in [0.1, 0.15) is 41.8 Å². The van der Waals surface area contributed by atoms with Gasteiger partial charge in [0, 0.05) is 39.7 Å². The van der Waals surface area contributed by atoms with Crippen LogP contribution >= 0.6 is 68.0 Å². The smallest absolute Gasteiger partial charge is 0.0793 e. The first-order valence-corrected chi connectivity index (χ1v) is 18.2. The normalized spacial score (nSPS) is 11.6. The summed E-state index contributed by atoms with van der Waals surface area (Å²) in [6.45, 7) is 4.20. The topological polar surface area (TPSA) is 0 Å². The summed E-state index contributed by atoms with van der Waals surface area (Å²) in [4.78, 5) is 4.86. The van der Waals surface area contributed by atoms with Crippen molar-refractivity contribution in [3.05, 3.63) is 115 Å². The predicted molar refractivity (Wildman–Crippen MR) is 193 cm³/mol. The summed E-state index contributed by atoms with van der Waals surface area (Å²) in [5.74, 6) is 13.4. The number of thiophene rings is 6. The Labute approximate surface area is 267 Å². The Kier molecular flexibility index (Phi) is 6.65. The first-order chi connectivity index (χ1) is 20.5. The number of hydrogen-bond acceptors (Lipinski definition) is 6. The van der Waals surface area contributed by atoms with E-state index in [9.17, 15) is 0 Å². The van der Waals surface area contributed by atoms with Crippen molar-refractivity contribution in [1.82, 2.24) is 0 Å². The van der Waals surface area contributed by atoms with Crippen molar-refractivity contribution in [3.63, 3.8) is 0 Å². The Bertz CT molecular complexity index is 2250. The van der Waals surface area contributed by atoms with Gasteiger partial charge in [-0.3, -0.25) is 0 Å². The second kappa shape index (κ2) is 10.7. The molecule has 0 radical (unpaired) electrons. The number of rotatable bonds is 2. The fourth-order valence-corrected chi connectivity index (χ4v) is 12.3. The van der Waals surface area contributed by atoms with Gasteiger partial charge >= 0.3 is 0 Å². The van der Waals surface area contributed by atoms with E-state index in [2.05, 4.69) is 122 Å². The van der Waals surface area contributed by atoms with E-state index in [0.717, 1.165) is 20.9 Å². The summed E-state index contributed by atoms with van der Waals surface area (Å²) in [5.41, 5.74) is 4.64. The van der Waals surface area contributed by atoms with Gasteiger partial charge < -0.3 is 0 Å². The fraction of sp³-hybridized carbons (Fsp3) is 0.0556. The molecule has 0 aliphatic carbocycles. The molecule has 6 aromatic heterocycles. The second-order valence-corrected chi connectivity index (χ2v) is 16.5. The lowest BCUT2D eigenvalue weighted by molar-refractivity contribution is 1.46. The molecule has 200 valence electrons. The van der Waals surface area contributed by atoms with Crippen molar-refractivity contribution in [2.75, 3.05) is 0 Å². The van der Waals surface area contributed by atoms with Gasteiger partial charge in [0.2, 0.25) is 0 Å². The highest BCUT2D eigenvalue weighted by molar-refractivity contribution is 7.39. The summed E-state index contributed by atoms with van der Waals surface area (Å²) < 4.78 is 10.9. The van der Waals surface area contributed by atoms with Crippen LogP contribution in [0.4, 0.5) is 0 Å². The maximum Gasteiger partial charge on any atom is 0.0793 e. The average molecular weight is 645 g/mol. The maximum absolute atomic E-state index is 3.38. The van der Waals surface area contributed by atoms with Gasteiger partial charge in [0.25, 0.3) is 0 Å². The largest absolute Gasteiger partial charge is 0.133 e. The molecule has 0 spiro atoms. The quantitative estimate of drug-likeness (QED) is 0.164. The van der Waals surface area contributed by atoms with Crippen molar-refractivity contribution in [2.24, 2.45) is 0 Å². The molecule has 0 bridgehead atoms. The van der Waals surface area contributed by atoms with E-state index in [0.29, 0.717) is 0 Å². The molecule has 6 heteroatoms. The second-order valence-electron chi connectivity index (χ2n) is 10.1. The van der Waals surface area contributed by atoms with Gasteiger partial charge in [0.05, 0.1) is 28.6 Å². The highest BCUT2D eigenvalue weighted by Crippen LogP contribution is 2.45. The third-order valence-corrected chi connectivity index (χ3v) is 14.2. The van der Waals surface area contributed by atoms with E-state index in [1.165, 1.54) is 58.5 Å². The average Bonchev–Trinajstić information content (AvgIpc) is 3.80. The highest BCUT2D eigenvalue weighted by atomic mass is 32.1. The number of benzene rings is 2. The Morgan fingerprint density at radius 1 is 0.429 bits per heavy atom. The monoisotopic (exact) mass is 644 g/mol. The summed E-state index contributed by atoms with van der Waals surface area (Å²) in [5, 5.41) is 0. The highest BCUT2D eigenvalue weighted by Gasteiger charge is 2.14. The molecule has 0 unspecified atom stereocenters. The first-order valence-electron chi connectivity index (χ1n) is 13.3. The van der Waals surface area contributed by atoms with Crippen LogP contribution in [0.15, 0.2) is 72.8 Å². The van der Waals surface area contributed by atoms with Gasteiger partial charge in [-0.1, -0.05) is 59.1 Å². The van der Waals surface area contributed by atoms with Crippen molar-refractivity contribution < 1.29 is 0 Å². The number of aryl methyl sites for hydroxylation is 2. The molecule has 2 aromatic carbocycles. The molecule has 6 heterocycles. The van der Waals surface area contributed by atoms with Gasteiger partial charge in [-0.2, -0.15) is 0 Å². The third-order valence-electron chi connectivity index (χ3n) is 6.86.